The van der Waals surface area contributed by atoms with Crippen molar-refractivity contribution in [2.45, 2.75) is 20.3 Å². The van der Waals surface area contributed by atoms with Gasteiger partial charge in [-0.05, 0) is 61.4 Å². The average Bonchev–Trinajstić information content (AvgIpc) is 2.77. The fraction of sp³-hybridized carbons (Fsp3) is 0.318. The van der Waals surface area contributed by atoms with Crippen molar-refractivity contribution < 1.29 is 23.8 Å². The van der Waals surface area contributed by atoms with Crippen molar-refractivity contribution >= 4 is 23.7 Å². The number of nitrogens with zero attached hydrogens (tertiary/aromatic N) is 1. The van der Waals surface area contributed by atoms with Crippen LogP contribution in [0.1, 0.15) is 25.8 Å². The standard InChI is InChI=1S/C22H27N3O5/c1-5-12-30-19-11-6-16(13-20(19)29-4)14-23-25-22(27)15(2)21(26)24-17-7-9-18(28-3)10-8-17/h6-11,13-15H,5,12H2,1-4H3,(H,24,26)(H,25,27). The Bertz CT molecular complexity index is 881. The first-order chi connectivity index (χ1) is 14.5. The molecule has 0 aliphatic carbocycles. The third kappa shape index (κ3) is 6.51. The van der Waals surface area contributed by atoms with E-state index in [0.29, 0.717) is 35.1 Å². The Balaban J connectivity index is 1.91. The summed E-state index contributed by atoms with van der Waals surface area (Å²) >= 11 is 0. The summed E-state index contributed by atoms with van der Waals surface area (Å²) in [5.41, 5.74) is 3.66. The van der Waals surface area contributed by atoms with Crippen LogP contribution in [-0.4, -0.2) is 38.9 Å². The largest absolute Gasteiger partial charge is 0.497 e. The van der Waals surface area contributed by atoms with Crippen molar-refractivity contribution in [2.24, 2.45) is 11.0 Å². The molecule has 0 saturated heterocycles. The Kier molecular flexibility index (Phi) is 8.68. The fourth-order valence-electron chi connectivity index (χ4n) is 2.41. The number of methoxy groups -OCH3 is 2. The molecule has 30 heavy (non-hydrogen) atoms. The maximum Gasteiger partial charge on any atom is 0.252 e. The number of anilines is 1. The lowest BCUT2D eigenvalue weighted by Gasteiger charge is -2.11. The molecule has 1 atom stereocenters. The molecule has 2 N–H and O–H groups in total. The van der Waals surface area contributed by atoms with E-state index in [9.17, 15) is 9.59 Å². The molecule has 0 aromatic heterocycles. The first-order valence-electron chi connectivity index (χ1n) is 9.57. The van der Waals surface area contributed by atoms with Crippen LogP contribution in [0.4, 0.5) is 5.69 Å². The van der Waals surface area contributed by atoms with Crippen LogP contribution in [0.3, 0.4) is 0 Å². The molecule has 160 valence electrons. The van der Waals surface area contributed by atoms with Gasteiger partial charge < -0.3 is 19.5 Å². The van der Waals surface area contributed by atoms with Crippen molar-refractivity contribution in [1.29, 1.82) is 0 Å². The van der Waals surface area contributed by atoms with Crippen LogP contribution in [0, 0.1) is 5.92 Å². The number of hydrogen-bond donors (Lipinski definition) is 2. The molecule has 0 heterocycles. The summed E-state index contributed by atoms with van der Waals surface area (Å²) < 4.78 is 16.0. The quantitative estimate of drug-likeness (QED) is 0.354. The smallest absolute Gasteiger partial charge is 0.252 e. The number of benzene rings is 2. The van der Waals surface area contributed by atoms with E-state index in [4.69, 9.17) is 14.2 Å². The van der Waals surface area contributed by atoms with Crippen molar-refractivity contribution in [2.75, 3.05) is 26.1 Å². The number of hydrogen-bond acceptors (Lipinski definition) is 6. The van der Waals surface area contributed by atoms with E-state index in [0.717, 1.165) is 6.42 Å². The number of nitrogens with one attached hydrogen (secondary N) is 2. The number of ether oxygens (including phenoxy) is 3. The number of rotatable bonds is 10. The predicted molar refractivity (Wildman–Crippen MR) is 115 cm³/mol. The van der Waals surface area contributed by atoms with E-state index in [1.165, 1.54) is 13.1 Å². The Hall–Kier alpha value is -3.55. The zero-order chi connectivity index (χ0) is 21.9. The monoisotopic (exact) mass is 413 g/mol. The van der Waals surface area contributed by atoms with E-state index >= 15 is 0 Å². The highest BCUT2D eigenvalue weighted by Crippen LogP contribution is 2.27. The van der Waals surface area contributed by atoms with E-state index in [1.807, 2.05) is 6.92 Å². The highest BCUT2D eigenvalue weighted by Gasteiger charge is 2.21. The van der Waals surface area contributed by atoms with Crippen molar-refractivity contribution in [3.05, 3.63) is 48.0 Å². The van der Waals surface area contributed by atoms with Gasteiger partial charge in [-0.25, -0.2) is 5.43 Å². The average molecular weight is 413 g/mol. The SMILES string of the molecule is CCCOc1ccc(C=NNC(=O)C(C)C(=O)Nc2ccc(OC)cc2)cc1OC. The normalized spacial score (nSPS) is 11.6. The molecule has 1 unspecified atom stereocenters. The predicted octanol–water partition coefficient (Wildman–Crippen LogP) is 3.22. The Morgan fingerprint density at radius 2 is 1.77 bits per heavy atom. The van der Waals surface area contributed by atoms with E-state index in [1.54, 1.807) is 56.7 Å². The van der Waals surface area contributed by atoms with Crippen LogP contribution in [-0.2, 0) is 9.59 Å². The molecule has 0 saturated carbocycles. The Morgan fingerprint density at radius 1 is 1.03 bits per heavy atom. The maximum absolute atomic E-state index is 12.3. The van der Waals surface area contributed by atoms with E-state index in [-0.39, 0.29) is 0 Å². The molecule has 8 heteroatoms. The summed E-state index contributed by atoms with van der Waals surface area (Å²) in [5.74, 6) is 0.00716. The van der Waals surface area contributed by atoms with Gasteiger partial charge in [0, 0.05) is 5.69 Å². The van der Waals surface area contributed by atoms with Crippen molar-refractivity contribution in [3.8, 4) is 17.2 Å². The number of amides is 2. The number of carbonyl (C=O) groups is 2. The highest BCUT2D eigenvalue weighted by molar-refractivity contribution is 6.06. The van der Waals surface area contributed by atoms with Crippen LogP contribution >= 0.6 is 0 Å². The van der Waals surface area contributed by atoms with Crippen LogP contribution < -0.4 is 25.0 Å². The molecule has 2 rings (SSSR count). The summed E-state index contributed by atoms with van der Waals surface area (Å²) in [5, 5.41) is 6.61. The lowest BCUT2D eigenvalue weighted by atomic mass is 10.1. The Morgan fingerprint density at radius 3 is 2.40 bits per heavy atom. The van der Waals surface area contributed by atoms with Gasteiger partial charge in [-0.1, -0.05) is 6.92 Å². The lowest BCUT2D eigenvalue weighted by molar-refractivity contribution is -0.131. The Labute approximate surface area is 176 Å². The lowest BCUT2D eigenvalue weighted by Crippen LogP contribution is -2.34. The second-order valence-electron chi connectivity index (χ2n) is 6.43. The van der Waals surface area contributed by atoms with Crippen LogP contribution in [0.15, 0.2) is 47.6 Å². The van der Waals surface area contributed by atoms with E-state index < -0.39 is 17.7 Å². The highest BCUT2D eigenvalue weighted by atomic mass is 16.5. The van der Waals surface area contributed by atoms with Gasteiger partial charge in [0.05, 0.1) is 27.0 Å². The number of carbonyl (C=O) groups excluding carboxylic acids is 2. The zero-order valence-electron chi connectivity index (χ0n) is 17.6. The molecular formula is C22H27N3O5. The minimum absolute atomic E-state index is 0.438. The van der Waals surface area contributed by atoms with Gasteiger partial charge in [-0.15, -0.1) is 0 Å². The second kappa shape index (κ2) is 11.5. The zero-order valence-corrected chi connectivity index (χ0v) is 17.6. The topological polar surface area (TPSA) is 98.2 Å². The summed E-state index contributed by atoms with van der Waals surface area (Å²) in [4.78, 5) is 24.5. The van der Waals surface area contributed by atoms with Crippen LogP contribution in [0.5, 0.6) is 17.2 Å². The molecule has 0 bridgehead atoms. The summed E-state index contributed by atoms with van der Waals surface area (Å²) in [6, 6.07) is 12.2. The second-order valence-corrected chi connectivity index (χ2v) is 6.43. The summed E-state index contributed by atoms with van der Waals surface area (Å²) in [6.07, 6.45) is 2.36. The molecule has 0 aliphatic heterocycles. The minimum atomic E-state index is -0.927. The van der Waals surface area contributed by atoms with Gasteiger partial charge in [-0.3, -0.25) is 9.59 Å². The fourth-order valence-corrected chi connectivity index (χ4v) is 2.41. The van der Waals surface area contributed by atoms with Gasteiger partial charge in [0.25, 0.3) is 5.91 Å². The third-order valence-corrected chi connectivity index (χ3v) is 4.18. The first-order valence-corrected chi connectivity index (χ1v) is 9.57. The third-order valence-electron chi connectivity index (χ3n) is 4.18. The van der Waals surface area contributed by atoms with Crippen molar-refractivity contribution in [3.63, 3.8) is 0 Å². The van der Waals surface area contributed by atoms with Gasteiger partial charge in [0.15, 0.2) is 11.5 Å². The molecule has 0 aliphatic rings. The molecule has 2 aromatic rings. The summed E-state index contributed by atoms with van der Waals surface area (Å²) in [7, 11) is 3.12. The molecule has 2 aromatic carbocycles. The molecule has 8 nitrogen and oxygen atoms in total. The molecular weight excluding hydrogens is 386 g/mol. The first kappa shape index (κ1) is 22.7. The van der Waals surface area contributed by atoms with Crippen LogP contribution in [0.25, 0.3) is 0 Å². The van der Waals surface area contributed by atoms with Gasteiger partial charge in [0.2, 0.25) is 5.91 Å². The maximum atomic E-state index is 12.3. The molecule has 0 fully saturated rings. The van der Waals surface area contributed by atoms with Gasteiger partial charge >= 0.3 is 0 Å². The van der Waals surface area contributed by atoms with Gasteiger partial charge in [-0.2, -0.15) is 5.10 Å². The van der Waals surface area contributed by atoms with Gasteiger partial charge in [0.1, 0.15) is 11.7 Å². The molecule has 0 spiro atoms. The van der Waals surface area contributed by atoms with Crippen molar-refractivity contribution in [1.82, 2.24) is 5.43 Å². The minimum Gasteiger partial charge on any atom is -0.497 e. The number of hydrazone groups is 1. The van der Waals surface area contributed by atoms with E-state index in [2.05, 4.69) is 15.8 Å². The molecule has 2 amide bonds. The summed E-state index contributed by atoms with van der Waals surface area (Å²) in [6.45, 7) is 4.12. The van der Waals surface area contributed by atoms with Crippen LogP contribution in [0.2, 0.25) is 0 Å². The molecule has 0 radical (unpaired) electrons.